The van der Waals surface area contributed by atoms with Gasteiger partial charge in [-0.1, -0.05) is 6.07 Å². The van der Waals surface area contributed by atoms with Crippen molar-refractivity contribution >= 4 is 11.7 Å². The molecular formula is C16H22N4O2. The number of fused-ring (bicyclic) bond motifs is 1. The summed E-state index contributed by atoms with van der Waals surface area (Å²) in [5.74, 6) is 0. The van der Waals surface area contributed by atoms with Crippen LogP contribution in [0.4, 0.5) is 4.79 Å². The number of amides is 2. The van der Waals surface area contributed by atoms with Crippen molar-refractivity contribution in [3.05, 3.63) is 36.3 Å². The predicted molar refractivity (Wildman–Crippen MR) is 83.9 cm³/mol. The summed E-state index contributed by atoms with van der Waals surface area (Å²) in [6.45, 7) is 5.86. The molecule has 6 heteroatoms. The van der Waals surface area contributed by atoms with Crippen LogP contribution in [0.25, 0.3) is 5.65 Å². The molecule has 6 nitrogen and oxygen atoms in total. The highest BCUT2D eigenvalue weighted by molar-refractivity contribution is 5.74. The molecule has 2 atom stereocenters. The number of carbonyl (C=O) groups excluding carboxylic acids is 1. The number of imidazole rings is 1. The summed E-state index contributed by atoms with van der Waals surface area (Å²) in [5, 5.41) is 2.97. The van der Waals surface area contributed by atoms with Crippen molar-refractivity contribution in [1.29, 1.82) is 0 Å². The highest BCUT2D eigenvalue weighted by atomic mass is 16.5. The summed E-state index contributed by atoms with van der Waals surface area (Å²) in [4.78, 5) is 18.5. The number of urea groups is 1. The predicted octanol–water partition coefficient (Wildman–Crippen LogP) is 1.70. The van der Waals surface area contributed by atoms with Crippen LogP contribution in [-0.2, 0) is 11.2 Å². The molecule has 1 aliphatic rings. The van der Waals surface area contributed by atoms with Crippen LogP contribution >= 0.6 is 0 Å². The van der Waals surface area contributed by atoms with Crippen molar-refractivity contribution in [3.8, 4) is 0 Å². The Hall–Kier alpha value is -2.08. The largest absolute Gasteiger partial charge is 0.372 e. The summed E-state index contributed by atoms with van der Waals surface area (Å²) in [6, 6.07) is 5.89. The lowest BCUT2D eigenvalue weighted by atomic mass is 10.2. The third kappa shape index (κ3) is 3.39. The molecule has 0 saturated carbocycles. The highest BCUT2D eigenvalue weighted by Crippen LogP contribution is 2.10. The number of pyridine rings is 1. The van der Waals surface area contributed by atoms with Crippen LogP contribution in [0.1, 0.15) is 19.5 Å². The van der Waals surface area contributed by atoms with Crippen LogP contribution in [0, 0.1) is 0 Å². The van der Waals surface area contributed by atoms with E-state index in [0.29, 0.717) is 19.6 Å². The molecule has 1 N–H and O–H groups in total. The fraction of sp³-hybridized carbons (Fsp3) is 0.500. The summed E-state index contributed by atoms with van der Waals surface area (Å²) < 4.78 is 7.63. The molecule has 0 bridgehead atoms. The molecule has 0 spiro atoms. The number of nitrogens with one attached hydrogen (secondary N) is 1. The van der Waals surface area contributed by atoms with E-state index >= 15 is 0 Å². The maximum absolute atomic E-state index is 12.2. The molecule has 1 aliphatic heterocycles. The van der Waals surface area contributed by atoms with E-state index in [4.69, 9.17) is 4.74 Å². The van der Waals surface area contributed by atoms with E-state index in [1.54, 1.807) is 0 Å². The Morgan fingerprint density at radius 3 is 2.86 bits per heavy atom. The molecular weight excluding hydrogens is 280 g/mol. The van der Waals surface area contributed by atoms with E-state index in [9.17, 15) is 4.79 Å². The third-order valence-corrected chi connectivity index (χ3v) is 3.78. The van der Waals surface area contributed by atoms with E-state index < -0.39 is 0 Å². The maximum atomic E-state index is 12.2. The first-order chi connectivity index (χ1) is 10.6. The SMILES string of the molecule is CC1CN(C(=O)NCCc2cn3ccccc3n2)CC(C)O1. The smallest absolute Gasteiger partial charge is 0.317 e. The van der Waals surface area contributed by atoms with Crippen molar-refractivity contribution in [2.24, 2.45) is 0 Å². The van der Waals surface area contributed by atoms with Gasteiger partial charge in [0, 0.05) is 38.4 Å². The monoisotopic (exact) mass is 302 g/mol. The van der Waals surface area contributed by atoms with Gasteiger partial charge < -0.3 is 19.4 Å². The van der Waals surface area contributed by atoms with Crippen molar-refractivity contribution in [2.75, 3.05) is 19.6 Å². The molecule has 2 unspecified atom stereocenters. The van der Waals surface area contributed by atoms with E-state index in [1.165, 1.54) is 0 Å². The van der Waals surface area contributed by atoms with Gasteiger partial charge in [-0.15, -0.1) is 0 Å². The van der Waals surface area contributed by atoms with Gasteiger partial charge in [0.25, 0.3) is 0 Å². The number of ether oxygens (including phenoxy) is 1. The van der Waals surface area contributed by atoms with Crippen LogP contribution in [0.15, 0.2) is 30.6 Å². The van der Waals surface area contributed by atoms with Gasteiger partial charge in [-0.25, -0.2) is 9.78 Å². The number of carbonyl (C=O) groups is 1. The Balaban J connectivity index is 1.51. The number of nitrogens with zero attached hydrogens (tertiary/aromatic N) is 3. The highest BCUT2D eigenvalue weighted by Gasteiger charge is 2.25. The molecule has 2 amide bonds. The molecule has 0 radical (unpaired) electrons. The van der Waals surface area contributed by atoms with Gasteiger partial charge in [-0.3, -0.25) is 0 Å². The van der Waals surface area contributed by atoms with Crippen LogP contribution in [0.2, 0.25) is 0 Å². The minimum absolute atomic E-state index is 0.0224. The van der Waals surface area contributed by atoms with Gasteiger partial charge in [0.15, 0.2) is 0 Å². The second-order valence-corrected chi connectivity index (χ2v) is 5.84. The second kappa shape index (κ2) is 6.36. The average Bonchev–Trinajstić information content (AvgIpc) is 2.88. The van der Waals surface area contributed by atoms with Crippen LogP contribution in [0.3, 0.4) is 0 Å². The summed E-state index contributed by atoms with van der Waals surface area (Å²) in [7, 11) is 0. The number of hydrogen-bond acceptors (Lipinski definition) is 3. The number of aromatic nitrogens is 2. The van der Waals surface area contributed by atoms with E-state index in [2.05, 4.69) is 10.3 Å². The zero-order chi connectivity index (χ0) is 15.5. The molecule has 2 aromatic rings. The first kappa shape index (κ1) is 14.8. The van der Waals surface area contributed by atoms with Gasteiger partial charge in [0.2, 0.25) is 0 Å². The Bertz CT molecular complexity index is 611. The molecule has 118 valence electrons. The number of hydrogen-bond donors (Lipinski definition) is 1. The minimum atomic E-state index is -0.0224. The number of rotatable bonds is 3. The minimum Gasteiger partial charge on any atom is -0.372 e. The van der Waals surface area contributed by atoms with E-state index in [-0.39, 0.29) is 18.2 Å². The van der Waals surface area contributed by atoms with Crippen molar-refractivity contribution in [2.45, 2.75) is 32.5 Å². The van der Waals surface area contributed by atoms with E-state index in [0.717, 1.165) is 17.8 Å². The normalized spacial score (nSPS) is 22.0. The zero-order valence-corrected chi connectivity index (χ0v) is 13.0. The zero-order valence-electron chi connectivity index (χ0n) is 13.0. The molecule has 1 saturated heterocycles. The van der Waals surface area contributed by atoms with Crippen molar-refractivity contribution in [3.63, 3.8) is 0 Å². The van der Waals surface area contributed by atoms with Gasteiger partial charge in [0.1, 0.15) is 5.65 Å². The van der Waals surface area contributed by atoms with Crippen LogP contribution in [0.5, 0.6) is 0 Å². The molecule has 0 aromatic carbocycles. The fourth-order valence-electron chi connectivity index (χ4n) is 2.86. The lowest BCUT2D eigenvalue weighted by Crippen LogP contribution is -2.51. The Morgan fingerprint density at radius 2 is 2.14 bits per heavy atom. The molecule has 22 heavy (non-hydrogen) atoms. The van der Waals surface area contributed by atoms with Crippen LogP contribution < -0.4 is 5.32 Å². The van der Waals surface area contributed by atoms with Gasteiger partial charge >= 0.3 is 6.03 Å². The van der Waals surface area contributed by atoms with Gasteiger partial charge in [-0.2, -0.15) is 0 Å². The Labute approximate surface area is 130 Å². The standard InChI is InChI=1S/C16H22N4O2/c1-12-9-20(10-13(2)22-12)16(21)17-7-6-14-11-19-8-4-3-5-15(19)18-14/h3-5,8,11-13H,6-7,9-10H2,1-2H3,(H,17,21). The van der Waals surface area contributed by atoms with Gasteiger partial charge in [0.05, 0.1) is 17.9 Å². The summed E-state index contributed by atoms with van der Waals surface area (Å²) in [6.07, 6.45) is 4.88. The van der Waals surface area contributed by atoms with Crippen molar-refractivity contribution < 1.29 is 9.53 Å². The molecule has 3 rings (SSSR count). The fourth-order valence-corrected chi connectivity index (χ4v) is 2.86. The topological polar surface area (TPSA) is 58.9 Å². The third-order valence-electron chi connectivity index (χ3n) is 3.78. The maximum Gasteiger partial charge on any atom is 0.317 e. The quantitative estimate of drug-likeness (QED) is 0.939. The first-order valence-electron chi connectivity index (χ1n) is 7.72. The molecule has 1 fully saturated rings. The van der Waals surface area contributed by atoms with Crippen molar-refractivity contribution in [1.82, 2.24) is 19.6 Å². The molecule has 0 aliphatic carbocycles. The lowest BCUT2D eigenvalue weighted by Gasteiger charge is -2.35. The Kier molecular flexibility index (Phi) is 4.29. The summed E-state index contributed by atoms with van der Waals surface area (Å²) >= 11 is 0. The molecule has 2 aromatic heterocycles. The average molecular weight is 302 g/mol. The number of morpholine rings is 1. The van der Waals surface area contributed by atoms with Crippen LogP contribution in [-0.4, -0.2) is 52.2 Å². The molecule has 3 heterocycles. The first-order valence-corrected chi connectivity index (χ1v) is 7.72. The Morgan fingerprint density at radius 1 is 1.36 bits per heavy atom. The second-order valence-electron chi connectivity index (χ2n) is 5.84. The lowest BCUT2D eigenvalue weighted by molar-refractivity contribution is -0.0544. The summed E-state index contributed by atoms with van der Waals surface area (Å²) in [5.41, 5.74) is 1.91. The van der Waals surface area contributed by atoms with Gasteiger partial charge in [-0.05, 0) is 26.0 Å². The van der Waals surface area contributed by atoms with E-state index in [1.807, 2.05) is 53.7 Å².